The van der Waals surface area contributed by atoms with Crippen molar-refractivity contribution in [2.24, 2.45) is 5.10 Å². The third-order valence-electron chi connectivity index (χ3n) is 5.28. The third kappa shape index (κ3) is 4.20. The molecule has 1 N–H and O–H groups in total. The fourth-order valence-electron chi connectivity index (χ4n) is 3.55. The van der Waals surface area contributed by atoms with Gasteiger partial charge in [0.05, 0.1) is 11.3 Å². The van der Waals surface area contributed by atoms with Gasteiger partial charge in [0, 0.05) is 23.3 Å². The van der Waals surface area contributed by atoms with Gasteiger partial charge in [-0.25, -0.2) is 0 Å². The highest BCUT2D eigenvalue weighted by molar-refractivity contribution is 6.00. The molecular weight excluding hydrogens is 439 g/mol. The summed E-state index contributed by atoms with van der Waals surface area (Å²) in [5.41, 5.74) is -2.55. The SMILES string of the molecule is O=C(c1ccc(-c2ccccc2)cc1)N1N=C(C(F)(F)F)C[C@]1(O)c1ccc([N+](=O)[O-])cc1. The summed E-state index contributed by atoms with van der Waals surface area (Å²) in [6.07, 6.45) is -5.89. The zero-order chi connectivity index (χ0) is 23.8. The smallest absolute Gasteiger partial charge is 0.365 e. The monoisotopic (exact) mass is 455 g/mol. The van der Waals surface area contributed by atoms with E-state index < -0.39 is 34.9 Å². The van der Waals surface area contributed by atoms with E-state index in [0.29, 0.717) is 5.01 Å². The van der Waals surface area contributed by atoms with Gasteiger partial charge in [-0.3, -0.25) is 14.9 Å². The lowest BCUT2D eigenvalue weighted by Gasteiger charge is -2.31. The van der Waals surface area contributed by atoms with Gasteiger partial charge in [-0.1, -0.05) is 42.5 Å². The van der Waals surface area contributed by atoms with Crippen LogP contribution in [0, 0.1) is 10.1 Å². The number of hydrogen-bond donors (Lipinski definition) is 1. The summed E-state index contributed by atoms with van der Waals surface area (Å²) in [7, 11) is 0. The summed E-state index contributed by atoms with van der Waals surface area (Å²) in [6.45, 7) is 0. The minimum atomic E-state index is -4.87. The van der Waals surface area contributed by atoms with Gasteiger partial charge >= 0.3 is 6.18 Å². The van der Waals surface area contributed by atoms with Crippen molar-refractivity contribution in [3.05, 3.63) is 100 Å². The number of alkyl halides is 3. The van der Waals surface area contributed by atoms with Crippen LogP contribution in [0.15, 0.2) is 84.0 Å². The van der Waals surface area contributed by atoms with Crippen molar-refractivity contribution in [1.29, 1.82) is 0 Å². The van der Waals surface area contributed by atoms with E-state index in [9.17, 15) is 33.2 Å². The van der Waals surface area contributed by atoms with Gasteiger partial charge in [0.2, 0.25) is 0 Å². The van der Waals surface area contributed by atoms with Crippen LogP contribution >= 0.6 is 0 Å². The molecule has 1 amide bonds. The van der Waals surface area contributed by atoms with Gasteiger partial charge in [0.1, 0.15) is 5.71 Å². The zero-order valence-electron chi connectivity index (χ0n) is 16.9. The molecule has 3 aromatic carbocycles. The number of rotatable bonds is 4. The molecule has 10 heteroatoms. The molecule has 1 heterocycles. The van der Waals surface area contributed by atoms with E-state index in [1.54, 1.807) is 12.1 Å². The van der Waals surface area contributed by atoms with Crippen LogP contribution < -0.4 is 0 Å². The van der Waals surface area contributed by atoms with Crippen molar-refractivity contribution in [2.75, 3.05) is 0 Å². The third-order valence-corrected chi connectivity index (χ3v) is 5.28. The first-order valence-corrected chi connectivity index (χ1v) is 9.71. The highest BCUT2D eigenvalue weighted by Gasteiger charge is 2.53. The Kier molecular flexibility index (Phi) is 5.46. The molecule has 0 saturated heterocycles. The minimum absolute atomic E-state index is 0.0159. The van der Waals surface area contributed by atoms with Crippen LogP contribution in [0.3, 0.4) is 0 Å². The molecule has 0 aliphatic carbocycles. The number of nitro benzene ring substituents is 1. The number of carbonyl (C=O) groups is 1. The first kappa shape index (κ1) is 22.2. The predicted octanol–water partition coefficient (Wildman–Crippen LogP) is 4.87. The van der Waals surface area contributed by atoms with Crippen LogP contribution in [0.4, 0.5) is 18.9 Å². The molecule has 3 aromatic rings. The maximum atomic E-state index is 13.4. The number of halogens is 3. The Balaban J connectivity index is 1.70. The van der Waals surface area contributed by atoms with Crippen LogP contribution in [0.2, 0.25) is 0 Å². The molecule has 168 valence electrons. The lowest BCUT2D eigenvalue weighted by molar-refractivity contribution is -0.384. The largest absolute Gasteiger partial charge is 0.431 e. The Bertz CT molecular complexity index is 1230. The molecule has 1 aliphatic rings. The molecule has 7 nitrogen and oxygen atoms in total. The van der Waals surface area contributed by atoms with Crippen molar-refractivity contribution in [1.82, 2.24) is 5.01 Å². The van der Waals surface area contributed by atoms with E-state index in [1.165, 1.54) is 12.1 Å². The van der Waals surface area contributed by atoms with Crippen molar-refractivity contribution in [2.45, 2.75) is 18.3 Å². The predicted molar refractivity (Wildman–Crippen MR) is 113 cm³/mol. The topological polar surface area (TPSA) is 96.0 Å². The maximum absolute atomic E-state index is 13.4. The lowest BCUT2D eigenvalue weighted by Crippen LogP contribution is -2.43. The quantitative estimate of drug-likeness (QED) is 0.448. The van der Waals surface area contributed by atoms with Gasteiger partial charge in [-0.2, -0.15) is 23.3 Å². The molecule has 1 atom stereocenters. The number of non-ortho nitro benzene ring substituents is 1. The van der Waals surface area contributed by atoms with Crippen LogP contribution in [-0.2, 0) is 5.72 Å². The number of carbonyl (C=O) groups excluding carboxylic acids is 1. The number of hydrazone groups is 1. The summed E-state index contributed by atoms with van der Waals surface area (Å²) < 4.78 is 40.2. The van der Waals surface area contributed by atoms with Crippen molar-refractivity contribution in [3.8, 4) is 11.1 Å². The highest BCUT2D eigenvalue weighted by Crippen LogP contribution is 2.41. The van der Waals surface area contributed by atoms with Crippen LogP contribution in [0.5, 0.6) is 0 Å². The fourth-order valence-corrected chi connectivity index (χ4v) is 3.55. The molecule has 0 fully saturated rings. The van der Waals surface area contributed by atoms with E-state index in [0.717, 1.165) is 35.4 Å². The van der Waals surface area contributed by atoms with E-state index in [2.05, 4.69) is 5.10 Å². The van der Waals surface area contributed by atoms with E-state index in [-0.39, 0.29) is 16.8 Å². The molecule has 0 saturated carbocycles. The van der Waals surface area contributed by atoms with Crippen molar-refractivity contribution in [3.63, 3.8) is 0 Å². The van der Waals surface area contributed by atoms with E-state index in [1.807, 2.05) is 30.3 Å². The second-order valence-corrected chi connectivity index (χ2v) is 7.40. The summed E-state index contributed by atoms with van der Waals surface area (Å²) >= 11 is 0. The van der Waals surface area contributed by atoms with Gasteiger partial charge in [-0.05, 0) is 35.4 Å². The molecule has 1 aliphatic heterocycles. The Morgan fingerprint density at radius 1 is 0.970 bits per heavy atom. The Hall–Kier alpha value is -4.05. The first-order chi connectivity index (χ1) is 15.6. The standard InChI is InChI=1S/C23H16F3N3O4/c24-23(25,26)20-14-22(31,18-10-12-19(13-11-18)29(32)33)28(27-20)21(30)17-8-6-16(7-9-17)15-4-2-1-3-5-15/h1-13,31H,14H2/t22-/m0/s1. The average Bonchev–Trinajstić information content (AvgIpc) is 3.18. The highest BCUT2D eigenvalue weighted by atomic mass is 19.4. The van der Waals surface area contributed by atoms with Crippen molar-refractivity contribution < 1.29 is 28.0 Å². The Morgan fingerprint density at radius 3 is 2.09 bits per heavy atom. The van der Waals surface area contributed by atoms with Crippen molar-refractivity contribution >= 4 is 17.3 Å². The number of aliphatic hydroxyl groups is 1. The second kappa shape index (κ2) is 8.14. The number of hydrogen-bond acceptors (Lipinski definition) is 5. The van der Waals surface area contributed by atoms with Gasteiger partial charge in [0.25, 0.3) is 11.6 Å². The zero-order valence-corrected chi connectivity index (χ0v) is 16.9. The molecule has 0 radical (unpaired) electrons. The minimum Gasteiger partial charge on any atom is -0.365 e. The molecule has 0 unspecified atom stereocenters. The van der Waals surface area contributed by atoms with Gasteiger partial charge < -0.3 is 5.11 Å². The summed E-state index contributed by atoms with van der Waals surface area (Å²) in [5.74, 6) is -0.949. The molecular formula is C23H16F3N3O4. The Labute approximate surface area is 185 Å². The first-order valence-electron chi connectivity index (χ1n) is 9.71. The number of nitrogens with zero attached hydrogens (tertiary/aromatic N) is 3. The maximum Gasteiger partial charge on any atom is 0.431 e. The second-order valence-electron chi connectivity index (χ2n) is 7.40. The number of benzene rings is 3. The number of amides is 1. The lowest BCUT2D eigenvalue weighted by atomic mass is 9.96. The normalized spacial score (nSPS) is 18.2. The molecule has 0 bridgehead atoms. The van der Waals surface area contributed by atoms with Gasteiger partial charge in [0.15, 0.2) is 5.72 Å². The average molecular weight is 455 g/mol. The summed E-state index contributed by atoms with van der Waals surface area (Å²) in [5, 5.41) is 25.8. The molecule has 33 heavy (non-hydrogen) atoms. The molecule has 0 spiro atoms. The van der Waals surface area contributed by atoms with E-state index >= 15 is 0 Å². The molecule has 0 aromatic heterocycles. The fraction of sp³-hybridized carbons (Fsp3) is 0.130. The van der Waals surface area contributed by atoms with E-state index in [4.69, 9.17) is 0 Å². The van der Waals surface area contributed by atoms with Crippen LogP contribution in [0.25, 0.3) is 11.1 Å². The Morgan fingerprint density at radius 2 is 1.55 bits per heavy atom. The van der Waals surface area contributed by atoms with Crippen LogP contribution in [-0.4, -0.2) is 32.8 Å². The van der Waals surface area contributed by atoms with Crippen LogP contribution in [0.1, 0.15) is 22.3 Å². The summed E-state index contributed by atoms with van der Waals surface area (Å²) in [4.78, 5) is 23.3. The number of nitro groups is 1. The molecule has 4 rings (SSSR count). The van der Waals surface area contributed by atoms with Gasteiger partial charge in [-0.15, -0.1) is 0 Å². The summed E-state index contributed by atoms with van der Waals surface area (Å²) in [6, 6.07) is 19.7.